The number of nitrogens with one attached hydrogen (secondary N) is 1. The van der Waals surface area contributed by atoms with Crippen LogP contribution in [-0.4, -0.2) is 17.4 Å². The molecule has 1 amide bonds. The average Bonchev–Trinajstić information content (AvgIpc) is 2.76. The molecule has 1 N–H and O–H groups in total. The van der Waals surface area contributed by atoms with Crippen LogP contribution in [0.4, 0.5) is 5.69 Å². The molecule has 1 unspecified atom stereocenters. The first-order valence-corrected chi connectivity index (χ1v) is 9.89. The predicted molar refractivity (Wildman–Crippen MR) is 121 cm³/mol. The van der Waals surface area contributed by atoms with Crippen LogP contribution in [0.1, 0.15) is 24.0 Å². The molecule has 1 atom stereocenters. The lowest BCUT2D eigenvalue weighted by Crippen LogP contribution is -2.25. The highest BCUT2D eigenvalue weighted by Gasteiger charge is 2.25. The summed E-state index contributed by atoms with van der Waals surface area (Å²) in [6.07, 6.45) is 4.12. The Morgan fingerprint density at radius 3 is 2.43 bits per heavy atom. The number of rotatable bonds is 5. The maximum atomic E-state index is 13.1. The number of anilines is 1. The number of carbonyl (C=O) groups excluding carboxylic acids is 2. The molecule has 3 aromatic carbocycles. The molecule has 0 spiro atoms. The molecule has 1 heterocycles. The summed E-state index contributed by atoms with van der Waals surface area (Å²) in [6, 6.07) is 25.6. The number of ketones is 1. The van der Waals surface area contributed by atoms with Crippen LogP contribution in [0.5, 0.6) is 0 Å². The fraction of sp³-hybridized carbons (Fsp3) is 0.115. The summed E-state index contributed by atoms with van der Waals surface area (Å²) in [5, 5.41) is 2.77. The zero-order valence-electron chi connectivity index (χ0n) is 16.7. The maximum absolute atomic E-state index is 13.1. The first kappa shape index (κ1) is 19.5. The van der Waals surface area contributed by atoms with E-state index in [2.05, 4.69) is 10.3 Å². The number of Topliss-reactive ketones (excluding diaryl/α,β-unsaturated/α-hetero) is 1. The van der Waals surface area contributed by atoms with Gasteiger partial charge in [0.1, 0.15) is 0 Å². The number of benzene rings is 3. The molecular formula is C26H22N2O2. The van der Waals surface area contributed by atoms with Crippen molar-refractivity contribution in [2.24, 2.45) is 4.99 Å². The van der Waals surface area contributed by atoms with Crippen LogP contribution >= 0.6 is 0 Å². The lowest BCUT2D eigenvalue weighted by molar-refractivity contribution is -0.114. The molecule has 0 fully saturated rings. The van der Waals surface area contributed by atoms with Gasteiger partial charge >= 0.3 is 0 Å². The van der Waals surface area contributed by atoms with Gasteiger partial charge in [-0.2, -0.15) is 0 Å². The number of aliphatic imine (C=N–C) groups is 1. The van der Waals surface area contributed by atoms with Crippen molar-refractivity contribution in [2.75, 3.05) is 5.32 Å². The summed E-state index contributed by atoms with van der Waals surface area (Å²) in [5.41, 5.74) is 5.41. The molecule has 0 aliphatic carbocycles. The Morgan fingerprint density at radius 1 is 0.933 bits per heavy atom. The number of allylic oxidation sites excluding steroid dienone is 1. The highest BCUT2D eigenvalue weighted by molar-refractivity contribution is 6.43. The molecule has 148 valence electrons. The number of hydrogen-bond donors (Lipinski definition) is 1. The van der Waals surface area contributed by atoms with Crippen molar-refractivity contribution in [3.63, 3.8) is 0 Å². The first-order chi connectivity index (χ1) is 14.6. The van der Waals surface area contributed by atoms with Crippen LogP contribution in [0, 0.1) is 0 Å². The molecule has 0 aromatic heterocycles. The van der Waals surface area contributed by atoms with Crippen molar-refractivity contribution < 1.29 is 9.59 Å². The van der Waals surface area contributed by atoms with Crippen molar-refractivity contribution in [1.82, 2.24) is 0 Å². The molecule has 0 saturated heterocycles. The monoisotopic (exact) mass is 394 g/mol. The predicted octanol–water partition coefficient (Wildman–Crippen LogP) is 5.18. The first-order valence-electron chi connectivity index (χ1n) is 9.89. The van der Waals surface area contributed by atoms with Crippen molar-refractivity contribution in [3.05, 3.63) is 102 Å². The van der Waals surface area contributed by atoms with Crippen molar-refractivity contribution in [2.45, 2.75) is 19.3 Å². The van der Waals surface area contributed by atoms with E-state index in [4.69, 9.17) is 0 Å². The van der Waals surface area contributed by atoms with Crippen LogP contribution in [-0.2, 0) is 16.0 Å². The van der Waals surface area contributed by atoms with E-state index in [1.54, 1.807) is 6.20 Å². The summed E-state index contributed by atoms with van der Waals surface area (Å²) in [4.78, 5) is 28.7. The molecule has 0 saturated carbocycles. The lowest BCUT2D eigenvalue weighted by Gasteiger charge is -2.18. The zero-order valence-corrected chi connectivity index (χ0v) is 16.7. The highest BCUT2D eigenvalue weighted by Crippen LogP contribution is 2.28. The quantitative estimate of drug-likeness (QED) is 0.648. The topological polar surface area (TPSA) is 58.5 Å². The molecule has 3 aromatic rings. The third kappa shape index (κ3) is 4.44. The van der Waals surface area contributed by atoms with Crippen molar-refractivity contribution >= 4 is 23.1 Å². The second-order valence-corrected chi connectivity index (χ2v) is 7.31. The van der Waals surface area contributed by atoms with Crippen LogP contribution in [0.3, 0.4) is 0 Å². The van der Waals surface area contributed by atoms with Gasteiger partial charge in [-0.05, 0) is 34.4 Å². The van der Waals surface area contributed by atoms with Crippen molar-refractivity contribution in [1.29, 1.82) is 0 Å². The molecule has 0 bridgehead atoms. The fourth-order valence-corrected chi connectivity index (χ4v) is 3.59. The Bertz CT molecular complexity index is 1130. The Morgan fingerprint density at radius 2 is 1.70 bits per heavy atom. The van der Waals surface area contributed by atoms with Crippen LogP contribution in [0.2, 0.25) is 0 Å². The van der Waals surface area contributed by atoms with Crippen LogP contribution in [0.15, 0.2) is 96.1 Å². The van der Waals surface area contributed by atoms with Gasteiger partial charge in [-0.1, -0.05) is 72.8 Å². The van der Waals surface area contributed by atoms with E-state index >= 15 is 0 Å². The SMILES string of the molecule is CC(=O)Nc1ccc(-c2cccc(C3C=CN=C(Cc4ccccc4)C3=O)c2)cc1. The van der Waals surface area contributed by atoms with E-state index < -0.39 is 0 Å². The average molecular weight is 394 g/mol. The fourth-order valence-electron chi connectivity index (χ4n) is 3.59. The summed E-state index contributed by atoms with van der Waals surface area (Å²) >= 11 is 0. The second kappa shape index (κ2) is 8.70. The van der Waals surface area contributed by atoms with Gasteiger partial charge in [0.05, 0.1) is 11.6 Å². The van der Waals surface area contributed by atoms with Crippen molar-refractivity contribution in [3.8, 4) is 11.1 Å². The van der Waals surface area contributed by atoms with Gasteiger partial charge < -0.3 is 5.32 Å². The van der Waals surface area contributed by atoms with E-state index in [-0.39, 0.29) is 17.6 Å². The van der Waals surface area contributed by atoms with Crippen LogP contribution in [0.25, 0.3) is 11.1 Å². The number of nitrogens with zero attached hydrogens (tertiary/aromatic N) is 1. The Hall–Kier alpha value is -3.79. The molecule has 0 radical (unpaired) electrons. The highest BCUT2D eigenvalue weighted by atomic mass is 16.1. The molecule has 4 heteroatoms. The van der Waals surface area contributed by atoms with E-state index in [1.165, 1.54) is 6.92 Å². The van der Waals surface area contributed by atoms with Gasteiger partial charge in [0.25, 0.3) is 0 Å². The Labute approximate surface area is 176 Å². The summed E-state index contributed by atoms with van der Waals surface area (Å²) in [6.45, 7) is 1.49. The Kier molecular flexibility index (Phi) is 5.66. The van der Waals surface area contributed by atoms with Gasteiger partial charge in [0.15, 0.2) is 5.78 Å². The van der Waals surface area contributed by atoms with E-state index in [1.807, 2.05) is 84.9 Å². The zero-order chi connectivity index (χ0) is 20.9. The molecule has 1 aliphatic rings. The minimum Gasteiger partial charge on any atom is -0.326 e. The molecule has 4 nitrogen and oxygen atoms in total. The molecule has 1 aliphatic heterocycles. The number of amides is 1. The van der Waals surface area contributed by atoms with Gasteiger partial charge in [-0.15, -0.1) is 0 Å². The minimum atomic E-state index is -0.334. The number of hydrogen-bond acceptors (Lipinski definition) is 3. The van der Waals surface area contributed by atoms with Gasteiger partial charge in [-0.25, -0.2) is 0 Å². The van der Waals surface area contributed by atoms with E-state index in [0.717, 1.165) is 27.9 Å². The number of carbonyl (C=O) groups is 2. The molecule has 30 heavy (non-hydrogen) atoms. The maximum Gasteiger partial charge on any atom is 0.221 e. The van der Waals surface area contributed by atoms with Gasteiger partial charge in [0, 0.05) is 25.2 Å². The second-order valence-electron chi connectivity index (χ2n) is 7.31. The van der Waals surface area contributed by atoms with Crippen LogP contribution < -0.4 is 5.32 Å². The normalized spacial score (nSPS) is 15.6. The minimum absolute atomic E-state index is 0.0412. The van der Waals surface area contributed by atoms with Gasteiger partial charge in [0.2, 0.25) is 5.91 Å². The van der Waals surface area contributed by atoms with E-state index in [0.29, 0.717) is 12.1 Å². The smallest absolute Gasteiger partial charge is 0.221 e. The summed E-state index contributed by atoms with van der Waals surface area (Å²) < 4.78 is 0. The third-order valence-corrected chi connectivity index (χ3v) is 5.07. The molecule has 4 rings (SSSR count). The third-order valence-electron chi connectivity index (χ3n) is 5.07. The molecular weight excluding hydrogens is 372 g/mol. The van der Waals surface area contributed by atoms with Gasteiger partial charge in [-0.3, -0.25) is 14.6 Å². The summed E-state index contributed by atoms with van der Waals surface area (Å²) in [7, 11) is 0. The lowest BCUT2D eigenvalue weighted by atomic mass is 9.87. The van der Waals surface area contributed by atoms with E-state index in [9.17, 15) is 9.59 Å². The Balaban J connectivity index is 1.55. The largest absolute Gasteiger partial charge is 0.326 e. The standard InChI is InChI=1S/C26H22N2O2/c1-18(29)28-23-12-10-20(11-13-23)21-8-5-9-22(17-21)24-14-15-27-25(26(24)30)16-19-6-3-2-4-7-19/h2-15,17,24H,16H2,1H3,(H,28,29). The summed E-state index contributed by atoms with van der Waals surface area (Å²) in [5.74, 6) is -0.389.